The number of carbonyl (C=O) groups excluding carboxylic acids is 1. The van der Waals surface area contributed by atoms with Crippen molar-refractivity contribution >= 4 is 61.7 Å². The summed E-state index contributed by atoms with van der Waals surface area (Å²) in [5.74, 6) is -0.0874. The van der Waals surface area contributed by atoms with E-state index in [-0.39, 0.29) is 5.69 Å². The number of benzene rings is 1. The van der Waals surface area contributed by atoms with Gasteiger partial charge in [0.1, 0.15) is 16.4 Å². The lowest BCUT2D eigenvalue weighted by Crippen LogP contribution is -2.19. The zero-order valence-corrected chi connectivity index (χ0v) is 17.8. The molecule has 1 aromatic carbocycles. The minimum atomic E-state index is -0.425. The molecule has 0 aliphatic heterocycles. The Kier molecular flexibility index (Phi) is 5.60. The molecule has 0 saturated heterocycles. The van der Waals surface area contributed by atoms with E-state index in [4.69, 9.17) is 11.6 Å². The van der Waals surface area contributed by atoms with E-state index in [0.717, 1.165) is 9.13 Å². The lowest BCUT2D eigenvalue weighted by molar-refractivity contribution is 0.101. The summed E-state index contributed by atoms with van der Waals surface area (Å²) < 4.78 is 2.74. The van der Waals surface area contributed by atoms with Gasteiger partial charge in [-0.25, -0.2) is 9.67 Å². The van der Waals surface area contributed by atoms with Gasteiger partial charge in [0.2, 0.25) is 0 Å². The molecular formula is C17H10BrClIN5O. The van der Waals surface area contributed by atoms with Crippen molar-refractivity contribution in [2.75, 3.05) is 5.32 Å². The molecule has 0 atom stereocenters. The SMILES string of the molecule is Cc1cc(I)cc(C#N)c1NC(=O)c1cc(Br)nn1-c1ncccc1Cl. The predicted molar refractivity (Wildman–Crippen MR) is 111 cm³/mol. The average molecular weight is 543 g/mol. The maximum absolute atomic E-state index is 12.9. The van der Waals surface area contributed by atoms with Gasteiger partial charge < -0.3 is 5.32 Å². The quantitative estimate of drug-likeness (QED) is 0.486. The second-order valence-corrected chi connectivity index (χ2v) is 7.75. The van der Waals surface area contributed by atoms with Gasteiger partial charge in [0.25, 0.3) is 5.91 Å². The maximum atomic E-state index is 12.9. The fourth-order valence-corrected chi connectivity index (χ4v) is 3.74. The summed E-state index contributed by atoms with van der Waals surface area (Å²) >= 11 is 11.6. The summed E-state index contributed by atoms with van der Waals surface area (Å²) in [4.78, 5) is 17.1. The van der Waals surface area contributed by atoms with Gasteiger partial charge in [0.05, 0.1) is 16.3 Å². The van der Waals surface area contributed by atoms with Gasteiger partial charge in [-0.2, -0.15) is 10.4 Å². The minimum absolute atomic E-state index is 0.235. The molecule has 9 heteroatoms. The van der Waals surface area contributed by atoms with Crippen LogP contribution in [-0.4, -0.2) is 20.7 Å². The highest BCUT2D eigenvalue weighted by atomic mass is 127. The first-order valence-electron chi connectivity index (χ1n) is 7.28. The summed E-state index contributed by atoms with van der Waals surface area (Å²) in [5, 5.41) is 16.8. The Morgan fingerprint density at radius 3 is 2.88 bits per heavy atom. The molecule has 130 valence electrons. The van der Waals surface area contributed by atoms with Gasteiger partial charge in [0.15, 0.2) is 5.82 Å². The molecule has 2 aromatic heterocycles. The Balaban J connectivity index is 2.04. The van der Waals surface area contributed by atoms with Crippen LogP contribution in [0.15, 0.2) is 41.1 Å². The van der Waals surface area contributed by atoms with Crippen molar-refractivity contribution in [1.82, 2.24) is 14.8 Å². The molecule has 0 aliphatic rings. The lowest BCUT2D eigenvalue weighted by Gasteiger charge is -2.12. The van der Waals surface area contributed by atoms with Crippen LogP contribution in [0.5, 0.6) is 0 Å². The van der Waals surface area contributed by atoms with Crippen LogP contribution in [-0.2, 0) is 0 Å². The molecule has 0 bridgehead atoms. The number of nitriles is 1. The van der Waals surface area contributed by atoms with Gasteiger partial charge in [0, 0.05) is 15.8 Å². The number of anilines is 1. The summed E-state index contributed by atoms with van der Waals surface area (Å²) in [6, 6.07) is 10.6. The van der Waals surface area contributed by atoms with Crippen molar-refractivity contribution in [2.24, 2.45) is 0 Å². The number of halogens is 3. The number of hydrogen-bond acceptors (Lipinski definition) is 4. The van der Waals surface area contributed by atoms with E-state index in [1.54, 1.807) is 30.5 Å². The number of hydrogen-bond donors (Lipinski definition) is 1. The van der Waals surface area contributed by atoms with Crippen LogP contribution in [0.2, 0.25) is 5.02 Å². The Hall–Kier alpha value is -1.96. The third kappa shape index (κ3) is 3.75. The van der Waals surface area contributed by atoms with Crippen molar-refractivity contribution in [3.8, 4) is 11.9 Å². The van der Waals surface area contributed by atoms with Gasteiger partial charge >= 0.3 is 0 Å². The molecule has 6 nitrogen and oxygen atoms in total. The van der Waals surface area contributed by atoms with E-state index < -0.39 is 5.91 Å². The summed E-state index contributed by atoms with van der Waals surface area (Å²) in [6.45, 7) is 1.83. The smallest absolute Gasteiger partial charge is 0.274 e. The van der Waals surface area contributed by atoms with E-state index in [2.05, 4.69) is 60.0 Å². The van der Waals surface area contributed by atoms with Crippen molar-refractivity contribution in [1.29, 1.82) is 5.26 Å². The first kappa shape index (κ1) is 18.8. The molecule has 0 radical (unpaired) electrons. The molecule has 1 N–H and O–H groups in total. The molecule has 26 heavy (non-hydrogen) atoms. The summed E-state index contributed by atoms with van der Waals surface area (Å²) in [6.07, 6.45) is 1.57. The number of rotatable bonds is 3. The number of carbonyl (C=O) groups is 1. The molecule has 0 fully saturated rings. The number of nitrogens with zero attached hydrogens (tertiary/aromatic N) is 4. The number of nitrogens with one attached hydrogen (secondary N) is 1. The Bertz CT molecular complexity index is 1060. The standard InChI is InChI=1S/C17H10BrClIN5O/c1-9-5-11(20)6-10(8-21)15(9)23-17(26)13-7-14(18)24-25(13)16-12(19)3-2-4-22-16/h2-7H,1H3,(H,23,26). The van der Waals surface area contributed by atoms with E-state index in [1.807, 2.05) is 13.0 Å². The molecule has 0 aliphatic carbocycles. The number of amides is 1. The number of pyridine rings is 1. The van der Waals surface area contributed by atoms with E-state index in [9.17, 15) is 10.1 Å². The third-order valence-electron chi connectivity index (χ3n) is 3.51. The van der Waals surface area contributed by atoms with Gasteiger partial charge in [-0.3, -0.25) is 4.79 Å². The Labute approximate surface area is 176 Å². The van der Waals surface area contributed by atoms with Crippen LogP contribution >= 0.6 is 50.1 Å². The van der Waals surface area contributed by atoms with Crippen LogP contribution < -0.4 is 5.32 Å². The maximum Gasteiger partial charge on any atom is 0.274 e. The molecule has 0 spiro atoms. The summed E-state index contributed by atoms with van der Waals surface area (Å²) in [7, 11) is 0. The normalized spacial score (nSPS) is 10.4. The predicted octanol–water partition coefficient (Wildman–Crippen LogP) is 4.72. The molecule has 2 heterocycles. The second-order valence-electron chi connectivity index (χ2n) is 5.28. The molecule has 3 rings (SSSR count). The Morgan fingerprint density at radius 1 is 1.42 bits per heavy atom. The van der Waals surface area contributed by atoms with E-state index >= 15 is 0 Å². The van der Waals surface area contributed by atoms with E-state index in [1.165, 1.54) is 4.68 Å². The summed E-state index contributed by atoms with van der Waals surface area (Å²) in [5.41, 5.74) is 1.89. The fourth-order valence-electron chi connectivity index (χ4n) is 2.38. The minimum Gasteiger partial charge on any atom is -0.319 e. The fraction of sp³-hybridized carbons (Fsp3) is 0.0588. The molecule has 0 unspecified atom stereocenters. The number of aromatic nitrogens is 3. The zero-order valence-electron chi connectivity index (χ0n) is 13.3. The van der Waals surface area contributed by atoms with E-state index in [0.29, 0.717) is 26.7 Å². The van der Waals surface area contributed by atoms with Crippen LogP contribution in [0.25, 0.3) is 5.82 Å². The molecule has 0 saturated carbocycles. The molecule has 1 amide bonds. The van der Waals surface area contributed by atoms with Crippen LogP contribution in [0.3, 0.4) is 0 Å². The van der Waals surface area contributed by atoms with Gasteiger partial charge in [-0.15, -0.1) is 0 Å². The largest absolute Gasteiger partial charge is 0.319 e. The molecular weight excluding hydrogens is 532 g/mol. The van der Waals surface area contributed by atoms with Crippen molar-refractivity contribution < 1.29 is 4.79 Å². The highest BCUT2D eigenvalue weighted by Crippen LogP contribution is 2.26. The first-order valence-corrected chi connectivity index (χ1v) is 9.53. The van der Waals surface area contributed by atoms with Crippen molar-refractivity contribution in [3.63, 3.8) is 0 Å². The van der Waals surface area contributed by atoms with Crippen molar-refractivity contribution in [2.45, 2.75) is 6.92 Å². The highest BCUT2D eigenvalue weighted by molar-refractivity contribution is 14.1. The lowest BCUT2D eigenvalue weighted by atomic mass is 10.1. The van der Waals surface area contributed by atoms with Gasteiger partial charge in [-0.05, 0) is 75.3 Å². The number of aryl methyl sites for hydroxylation is 1. The third-order valence-corrected chi connectivity index (χ3v) is 4.82. The second kappa shape index (κ2) is 7.73. The Morgan fingerprint density at radius 2 is 2.19 bits per heavy atom. The van der Waals surface area contributed by atoms with Crippen LogP contribution in [0.4, 0.5) is 5.69 Å². The van der Waals surface area contributed by atoms with Crippen molar-refractivity contribution in [3.05, 3.63) is 66.5 Å². The highest BCUT2D eigenvalue weighted by Gasteiger charge is 2.20. The van der Waals surface area contributed by atoms with Crippen LogP contribution in [0, 0.1) is 21.8 Å². The zero-order chi connectivity index (χ0) is 18.8. The average Bonchev–Trinajstić information content (AvgIpc) is 2.99. The topological polar surface area (TPSA) is 83.6 Å². The van der Waals surface area contributed by atoms with Gasteiger partial charge in [-0.1, -0.05) is 11.6 Å². The van der Waals surface area contributed by atoms with Crippen LogP contribution in [0.1, 0.15) is 21.6 Å². The first-order chi connectivity index (χ1) is 12.4. The molecule has 3 aromatic rings. The monoisotopic (exact) mass is 541 g/mol.